The van der Waals surface area contributed by atoms with Crippen LogP contribution in [0.3, 0.4) is 0 Å². The number of carbonyl (C=O) groups excluding carboxylic acids is 1. The fourth-order valence-electron chi connectivity index (χ4n) is 3.43. The molecule has 0 aliphatic carbocycles. The van der Waals surface area contributed by atoms with E-state index in [2.05, 4.69) is 14.9 Å². The van der Waals surface area contributed by atoms with Crippen LogP contribution >= 0.6 is 0 Å². The summed E-state index contributed by atoms with van der Waals surface area (Å²) >= 11 is 0. The molecule has 4 rings (SSSR count). The van der Waals surface area contributed by atoms with Crippen LogP contribution in [0.5, 0.6) is 0 Å². The summed E-state index contributed by atoms with van der Waals surface area (Å²) in [6, 6.07) is 14.0. The van der Waals surface area contributed by atoms with Gasteiger partial charge >= 0.3 is 0 Å². The van der Waals surface area contributed by atoms with Gasteiger partial charge in [0.05, 0.1) is 0 Å². The van der Waals surface area contributed by atoms with E-state index in [0.29, 0.717) is 13.1 Å². The Bertz CT molecular complexity index is 911. The molecule has 1 amide bonds. The number of anilines is 1. The van der Waals surface area contributed by atoms with Gasteiger partial charge in [-0.15, -0.1) is 0 Å². The summed E-state index contributed by atoms with van der Waals surface area (Å²) in [5, 5.41) is 2.12. The molecule has 0 radical (unpaired) electrons. The molecule has 25 heavy (non-hydrogen) atoms. The van der Waals surface area contributed by atoms with Crippen molar-refractivity contribution in [3.8, 4) is 0 Å². The number of hydrogen-bond acceptors (Lipinski definition) is 4. The third-order valence-corrected chi connectivity index (χ3v) is 4.75. The Balaban J connectivity index is 1.52. The highest BCUT2D eigenvalue weighted by Crippen LogP contribution is 2.22. The molecule has 0 unspecified atom stereocenters. The predicted molar refractivity (Wildman–Crippen MR) is 98.8 cm³/mol. The first-order valence-corrected chi connectivity index (χ1v) is 8.52. The molecule has 2 aromatic carbocycles. The Morgan fingerprint density at radius 3 is 2.56 bits per heavy atom. The molecule has 0 spiro atoms. The second kappa shape index (κ2) is 6.51. The quantitative estimate of drug-likeness (QED) is 0.724. The second-order valence-corrected chi connectivity index (χ2v) is 6.34. The lowest BCUT2D eigenvalue weighted by atomic mass is 10.0. The molecule has 1 saturated heterocycles. The van der Waals surface area contributed by atoms with Crippen molar-refractivity contribution in [2.24, 2.45) is 0 Å². The molecule has 0 saturated carbocycles. The first-order chi connectivity index (χ1) is 12.2. The highest BCUT2D eigenvalue weighted by Gasteiger charge is 2.24. The van der Waals surface area contributed by atoms with E-state index in [0.717, 1.165) is 40.8 Å². The number of amides is 1. The van der Waals surface area contributed by atoms with Gasteiger partial charge in [0, 0.05) is 43.5 Å². The molecule has 0 atom stereocenters. The normalized spacial score (nSPS) is 14.8. The Morgan fingerprint density at radius 2 is 1.76 bits per heavy atom. The zero-order valence-electron chi connectivity index (χ0n) is 14.2. The van der Waals surface area contributed by atoms with E-state index in [9.17, 15) is 4.79 Å². The van der Waals surface area contributed by atoms with Gasteiger partial charge in [-0.05, 0) is 23.8 Å². The SMILES string of the molecule is Cc1cncnc1N1CCN(C(=O)c2cccc3ccccc23)CC1. The van der Waals surface area contributed by atoms with Crippen molar-refractivity contribution < 1.29 is 4.79 Å². The van der Waals surface area contributed by atoms with E-state index in [4.69, 9.17) is 0 Å². The predicted octanol–water partition coefficient (Wildman–Crippen LogP) is 2.90. The molecule has 5 heteroatoms. The molecular formula is C20H20N4O. The lowest BCUT2D eigenvalue weighted by Crippen LogP contribution is -2.49. The number of fused-ring (bicyclic) bond motifs is 1. The standard InChI is InChI=1S/C20H20N4O/c1-15-13-21-14-22-19(15)23-9-11-24(12-10-23)20(25)18-8-4-6-16-5-2-3-7-17(16)18/h2-8,13-14H,9-12H2,1H3. The number of rotatable bonds is 2. The molecule has 0 N–H and O–H groups in total. The summed E-state index contributed by atoms with van der Waals surface area (Å²) in [5.74, 6) is 1.07. The van der Waals surface area contributed by atoms with Crippen LogP contribution in [-0.4, -0.2) is 47.0 Å². The molecule has 3 aromatic rings. The van der Waals surface area contributed by atoms with E-state index in [-0.39, 0.29) is 5.91 Å². The summed E-state index contributed by atoms with van der Waals surface area (Å²) in [5.41, 5.74) is 1.85. The zero-order valence-corrected chi connectivity index (χ0v) is 14.2. The Hall–Kier alpha value is -2.95. The summed E-state index contributed by atoms with van der Waals surface area (Å²) in [6.45, 7) is 4.99. The number of benzene rings is 2. The third kappa shape index (κ3) is 2.93. The highest BCUT2D eigenvalue weighted by atomic mass is 16.2. The van der Waals surface area contributed by atoms with Gasteiger partial charge in [-0.25, -0.2) is 9.97 Å². The second-order valence-electron chi connectivity index (χ2n) is 6.34. The lowest BCUT2D eigenvalue weighted by molar-refractivity contribution is 0.0748. The van der Waals surface area contributed by atoms with Crippen molar-refractivity contribution >= 4 is 22.5 Å². The van der Waals surface area contributed by atoms with Crippen molar-refractivity contribution in [3.05, 3.63) is 66.1 Å². The third-order valence-electron chi connectivity index (χ3n) is 4.75. The zero-order chi connectivity index (χ0) is 17.2. The monoisotopic (exact) mass is 332 g/mol. The van der Waals surface area contributed by atoms with Gasteiger partial charge in [0.2, 0.25) is 0 Å². The van der Waals surface area contributed by atoms with Gasteiger partial charge in [0.1, 0.15) is 12.1 Å². The van der Waals surface area contributed by atoms with Crippen LogP contribution in [0.15, 0.2) is 55.0 Å². The van der Waals surface area contributed by atoms with E-state index < -0.39 is 0 Å². The maximum atomic E-state index is 13.0. The maximum Gasteiger partial charge on any atom is 0.254 e. The minimum Gasteiger partial charge on any atom is -0.353 e. The van der Waals surface area contributed by atoms with E-state index >= 15 is 0 Å². The first-order valence-electron chi connectivity index (χ1n) is 8.52. The summed E-state index contributed by atoms with van der Waals surface area (Å²) in [6.07, 6.45) is 3.41. The fraction of sp³-hybridized carbons (Fsp3) is 0.250. The van der Waals surface area contributed by atoms with E-state index in [1.54, 1.807) is 6.33 Å². The number of hydrogen-bond donors (Lipinski definition) is 0. The minimum absolute atomic E-state index is 0.107. The Labute approximate surface area is 146 Å². The van der Waals surface area contributed by atoms with Crippen LogP contribution in [0.2, 0.25) is 0 Å². The average Bonchev–Trinajstić information content (AvgIpc) is 2.67. The van der Waals surface area contributed by atoms with Crippen LogP contribution in [0.1, 0.15) is 15.9 Å². The van der Waals surface area contributed by atoms with Gasteiger partial charge < -0.3 is 9.80 Å². The highest BCUT2D eigenvalue weighted by molar-refractivity contribution is 6.07. The van der Waals surface area contributed by atoms with Gasteiger partial charge in [0.25, 0.3) is 5.91 Å². The van der Waals surface area contributed by atoms with E-state index in [1.165, 1.54) is 0 Å². The summed E-state index contributed by atoms with van der Waals surface area (Å²) in [4.78, 5) is 25.6. The van der Waals surface area contributed by atoms with Crippen LogP contribution in [-0.2, 0) is 0 Å². The molecule has 1 aliphatic rings. The Morgan fingerprint density at radius 1 is 1.00 bits per heavy atom. The van der Waals surface area contributed by atoms with Gasteiger partial charge in [-0.2, -0.15) is 0 Å². The van der Waals surface area contributed by atoms with Crippen molar-refractivity contribution in [3.63, 3.8) is 0 Å². The van der Waals surface area contributed by atoms with Crippen molar-refractivity contribution in [2.75, 3.05) is 31.1 Å². The van der Waals surface area contributed by atoms with Crippen LogP contribution in [0, 0.1) is 6.92 Å². The topological polar surface area (TPSA) is 49.3 Å². The maximum absolute atomic E-state index is 13.0. The van der Waals surface area contributed by atoms with E-state index in [1.807, 2.05) is 60.5 Å². The van der Waals surface area contributed by atoms with Crippen molar-refractivity contribution in [2.45, 2.75) is 6.92 Å². The van der Waals surface area contributed by atoms with Crippen molar-refractivity contribution in [1.82, 2.24) is 14.9 Å². The number of aromatic nitrogens is 2. The number of carbonyl (C=O) groups is 1. The minimum atomic E-state index is 0.107. The molecular weight excluding hydrogens is 312 g/mol. The van der Waals surface area contributed by atoms with Gasteiger partial charge in [0.15, 0.2) is 0 Å². The average molecular weight is 332 g/mol. The molecule has 2 heterocycles. The number of nitrogens with zero attached hydrogens (tertiary/aromatic N) is 4. The molecule has 5 nitrogen and oxygen atoms in total. The number of piperazine rings is 1. The van der Waals surface area contributed by atoms with Crippen LogP contribution in [0.25, 0.3) is 10.8 Å². The molecule has 1 aromatic heterocycles. The largest absolute Gasteiger partial charge is 0.353 e. The summed E-state index contributed by atoms with van der Waals surface area (Å²) in [7, 11) is 0. The molecule has 0 bridgehead atoms. The van der Waals surface area contributed by atoms with Gasteiger partial charge in [-0.1, -0.05) is 36.4 Å². The van der Waals surface area contributed by atoms with Crippen LogP contribution in [0.4, 0.5) is 5.82 Å². The Kier molecular flexibility index (Phi) is 4.06. The van der Waals surface area contributed by atoms with Gasteiger partial charge in [-0.3, -0.25) is 4.79 Å². The summed E-state index contributed by atoms with van der Waals surface area (Å²) < 4.78 is 0. The fourth-order valence-corrected chi connectivity index (χ4v) is 3.43. The smallest absolute Gasteiger partial charge is 0.254 e. The molecule has 1 aliphatic heterocycles. The lowest BCUT2D eigenvalue weighted by Gasteiger charge is -2.36. The first kappa shape index (κ1) is 15.6. The van der Waals surface area contributed by atoms with Crippen molar-refractivity contribution in [1.29, 1.82) is 0 Å². The van der Waals surface area contributed by atoms with Crippen LogP contribution < -0.4 is 4.90 Å². The number of aryl methyl sites for hydroxylation is 1. The molecule has 1 fully saturated rings. The molecule has 126 valence electrons.